The zero-order chi connectivity index (χ0) is 24.2. The maximum atomic E-state index is 9.88. The number of pyridine rings is 1. The van der Waals surface area contributed by atoms with Crippen LogP contribution in [0, 0.1) is 0 Å². The number of anilines is 2. The number of hydrogen-bond acceptors (Lipinski definition) is 9. The standard InChI is InChI=1S/C21H19N5O2.H2O4S.H2O/c1-2-28-14-5-8-17-16(11-14)21(23)15-6-4-13(10-19(15)24-17)25-26-18-7-3-12(22)9-20(18)27;1-5(2,3)4;/h3-11,27H,2,22H2,1H3,(H2,23,24);(H2,1,2,3,4);1H2/b26-25+;;. The number of aromatic nitrogens is 1. The number of azo groups is 1. The molecule has 0 fully saturated rings. The highest BCUT2D eigenvalue weighted by molar-refractivity contribution is 7.79. The fraction of sp³-hybridized carbons (Fsp3) is 0.0952. The summed E-state index contributed by atoms with van der Waals surface area (Å²) in [5.41, 5.74) is 15.5. The van der Waals surface area contributed by atoms with Gasteiger partial charge in [0.2, 0.25) is 0 Å². The molecule has 0 aliphatic carbocycles. The van der Waals surface area contributed by atoms with Crippen molar-refractivity contribution in [3.8, 4) is 11.5 Å². The fourth-order valence-electron chi connectivity index (χ4n) is 3.00. The van der Waals surface area contributed by atoms with Crippen LogP contribution in [0.2, 0.25) is 0 Å². The molecule has 1 heterocycles. The van der Waals surface area contributed by atoms with E-state index in [2.05, 4.69) is 15.2 Å². The molecule has 0 spiro atoms. The van der Waals surface area contributed by atoms with Crippen molar-refractivity contribution in [1.82, 2.24) is 4.98 Å². The summed E-state index contributed by atoms with van der Waals surface area (Å²) in [5.74, 6) is 0.736. The first kappa shape index (κ1) is 26.2. The summed E-state index contributed by atoms with van der Waals surface area (Å²) in [7, 11) is -4.67. The molecule has 9 N–H and O–H groups in total. The van der Waals surface area contributed by atoms with Gasteiger partial charge >= 0.3 is 10.4 Å². The van der Waals surface area contributed by atoms with Crippen molar-refractivity contribution in [1.29, 1.82) is 0 Å². The van der Waals surface area contributed by atoms with Crippen molar-refractivity contribution in [2.24, 2.45) is 10.2 Å². The minimum Gasteiger partial charge on any atom is -0.506 e. The third kappa shape index (κ3) is 6.73. The van der Waals surface area contributed by atoms with Crippen molar-refractivity contribution < 1.29 is 32.8 Å². The van der Waals surface area contributed by atoms with Crippen molar-refractivity contribution in [2.45, 2.75) is 6.92 Å². The summed E-state index contributed by atoms with van der Waals surface area (Å²) in [6, 6.07) is 15.8. The summed E-state index contributed by atoms with van der Waals surface area (Å²) in [4.78, 5) is 4.68. The molecule has 0 radical (unpaired) electrons. The lowest BCUT2D eigenvalue weighted by molar-refractivity contribution is 0.340. The Labute approximate surface area is 194 Å². The molecular formula is C21H23N5O7S. The van der Waals surface area contributed by atoms with Gasteiger partial charge in [0.05, 0.1) is 29.0 Å². The van der Waals surface area contributed by atoms with Gasteiger partial charge in [-0.05, 0) is 55.5 Å². The molecular weight excluding hydrogens is 466 g/mol. The number of nitrogens with zero attached hydrogens (tertiary/aromatic N) is 3. The number of ether oxygens (including phenoxy) is 1. The first-order valence-corrected chi connectivity index (χ1v) is 10.9. The Bertz CT molecular complexity index is 1450. The quantitative estimate of drug-likeness (QED) is 0.122. The summed E-state index contributed by atoms with van der Waals surface area (Å²) in [6.45, 7) is 2.52. The number of benzene rings is 3. The second-order valence-electron chi connectivity index (χ2n) is 6.73. The minimum atomic E-state index is -4.67. The van der Waals surface area contributed by atoms with E-state index in [1.165, 1.54) is 6.07 Å². The normalized spacial score (nSPS) is 11.1. The van der Waals surface area contributed by atoms with Crippen LogP contribution in [0.5, 0.6) is 11.5 Å². The van der Waals surface area contributed by atoms with Gasteiger partial charge < -0.3 is 26.8 Å². The number of phenolic OH excluding ortho intramolecular Hbond substituents is 1. The molecule has 1 aromatic heterocycles. The highest BCUT2D eigenvalue weighted by Gasteiger charge is 2.09. The lowest BCUT2D eigenvalue weighted by Gasteiger charge is -2.09. The molecule has 0 saturated heterocycles. The van der Waals surface area contributed by atoms with E-state index in [0.717, 1.165) is 22.0 Å². The van der Waals surface area contributed by atoms with Crippen LogP contribution in [0.1, 0.15) is 6.92 Å². The van der Waals surface area contributed by atoms with Crippen LogP contribution in [0.3, 0.4) is 0 Å². The Kier molecular flexibility index (Phi) is 8.26. The van der Waals surface area contributed by atoms with Crippen LogP contribution in [0.15, 0.2) is 64.8 Å². The molecule has 0 bridgehead atoms. The molecule has 0 aliphatic rings. The zero-order valence-electron chi connectivity index (χ0n) is 17.9. The van der Waals surface area contributed by atoms with Gasteiger partial charge in [0.1, 0.15) is 17.2 Å². The molecule has 0 amide bonds. The highest BCUT2D eigenvalue weighted by atomic mass is 32.3. The summed E-state index contributed by atoms with van der Waals surface area (Å²) < 4.78 is 37.1. The number of rotatable bonds is 4. The first-order chi connectivity index (χ1) is 15.5. The van der Waals surface area contributed by atoms with Crippen molar-refractivity contribution in [3.05, 3.63) is 54.6 Å². The maximum Gasteiger partial charge on any atom is 0.394 e. The molecule has 0 atom stereocenters. The van der Waals surface area contributed by atoms with Crippen LogP contribution >= 0.6 is 0 Å². The number of aromatic hydroxyl groups is 1. The Morgan fingerprint density at radius 3 is 2.29 bits per heavy atom. The van der Waals surface area contributed by atoms with Crippen molar-refractivity contribution >= 4 is 55.0 Å². The molecule has 34 heavy (non-hydrogen) atoms. The van der Waals surface area contributed by atoms with Gasteiger partial charge in [-0.3, -0.25) is 9.11 Å². The Morgan fingerprint density at radius 2 is 1.65 bits per heavy atom. The Balaban J connectivity index is 0.000000619. The van der Waals surface area contributed by atoms with E-state index in [0.29, 0.717) is 34.9 Å². The lowest BCUT2D eigenvalue weighted by atomic mass is 10.1. The average Bonchev–Trinajstić information content (AvgIpc) is 2.73. The molecule has 4 aromatic rings. The molecule has 13 heteroatoms. The first-order valence-electron chi connectivity index (χ1n) is 9.51. The minimum absolute atomic E-state index is 0. The molecule has 0 saturated carbocycles. The SMILES string of the molecule is CCOc1ccc2nc3cc(/N=N/c4ccc(N)cc4O)ccc3c(N)c2c1.O.O=S(=O)(O)O. The van der Waals surface area contributed by atoms with Gasteiger partial charge in [-0.25, -0.2) is 4.98 Å². The summed E-state index contributed by atoms with van der Waals surface area (Å²) >= 11 is 0. The molecule has 0 aliphatic heterocycles. The lowest BCUT2D eigenvalue weighted by Crippen LogP contribution is -1.95. The van der Waals surface area contributed by atoms with Gasteiger partial charge in [0.25, 0.3) is 0 Å². The van der Waals surface area contributed by atoms with E-state index in [1.54, 1.807) is 24.3 Å². The van der Waals surface area contributed by atoms with E-state index in [4.69, 9.17) is 33.7 Å². The van der Waals surface area contributed by atoms with Crippen LogP contribution in [0.25, 0.3) is 21.8 Å². The van der Waals surface area contributed by atoms with Gasteiger partial charge in [-0.1, -0.05) is 0 Å². The zero-order valence-corrected chi connectivity index (χ0v) is 18.7. The number of nitrogen functional groups attached to an aromatic ring is 2. The van der Waals surface area contributed by atoms with Crippen LogP contribution in [-0.4, -0.2) is 39.7 Å². The van der Waals surface area contributed by atoms with Crippen LogP contribution in [0.4, 0.5) is 22.7 Å². The number of hydrogen-bond donors (Lipinski definition) is 5. The third-order valence-electron chi connectivity index (χ3n) is 4.35. The van der Waals surface area contributed by atoms with E-state index in [1.807, 2.05) is 31.2 Å². The second kappa shape index (κ2) is 10.7. The largest absolute Gasteiger partial charge is 0.506 e. The van der Waals surface area contributed by atoms with E-state index < -0.39 is 10.4 Å². The summed E-state index contributed by atoms with van der Waals surface area (Å²) in [6.07, 6.45) is 0. The van der Waals surface area contributed by atoms with Crippen LogP contribution < -0.4 is 16.2 Å². The Hall–Kier alpha value is -4.04. The molecule has 3 aromatic carbocycles. The van der Waals surface area contributed by atoms with E-state index in [9.17, 15) is 5.11 Å². The molecule has 180 valence electrons. The number of nitrogens with two attached hydrogens (primary N) is 2. The monoisotopic (exact) mass is 489 g/mol. The number of phenols is 1. The van der Waals surface area contributed by atoms with E-state index >= 15 is 0 Å². The topological polar surface area (TPSA) is 225 Å². The summed E-state index contributed by atoms with van der Waals surface area (Å²) in [5, 5.41) is 19.8. The Morgan fingerprint density at radius 1 is 0.941 bits per heavy atom. The van der Waals surface area contributed by atoms with Gasteiger partial charge in [-0.15, -0.1) is 5.11 Å². The predicted octanol–water partition coefficient (Wildman–Crippen LogP) is 3.59. The highest BCUT2D eigenvalue weighted by Crippen LogP contribution is 2.34. The second-order valence-corrected chi connectivity index (χ2v) is 7.63. The predicted molar refractivity (Wildman–Crippen MR) is 129 cm³/mol. The maximum absolute atomic E-state index is 9.88. The number of fused-ring (bicyclic) bond motifs is 2. The molecule has 12 nitrogen and oxygen atoms in total. The van der Waals surface area contributed by atoms with Crippen LogP contribution in [-0.2, 0) is 10.4 Å². The third-order valence-corrected chi connectivity index (χ3v) is 4.35. The average molecular weight is 490 g/mol. The fourth-order valence-corrected chi connectivity index (χ4v) is 3.00. The van der Waals surface area contributed by atoms with Crippen molar-refractivity contribution in [2.75, 3.05) is 18.1 Å². The molecule has 4 rings (SSSR count). The van der Waals surface area contributed by atoms with Gasteiger partial charge in [0, 0.05) is 22.5 Å². The van der Waals surface area contributed by atoms with E-state index in [-0.39, 0.29) is 11.2 Å². The van der Waals surface area contributed by atoms with Gasteiger partial charge in [-0.2, -0.15) is 13.5 Å². The molecule has 0 unspecified atom stereocenters. The van der Waals surface area contributed by atoms with Crippen molar-refractivity contribution in [3.63, 3.8) is 0 Å². The van der Waals surface area contributed by atoms with Gasteiger partial charge in [0.15, 0.2) is 0 Å². The smallest absolute Gasteiger partial charge is 0.394 e.